The monoisotopic (exact) mass is 315 g/mol. The number of carbonyl (C=O) groups is 2. The smallest absolute Gasteiger partial charge is 0.271 e. The standard InChI is InChI=1S/C16H17N3O4/c20-15-9-12(11-17-7-2-1-3-8-17)16(21)18(15)13-5-4-6-14(10-13)19(22)23/h4-6,10-11H,1-3,7-9H2/b12-11+. The number of benzene rings is 1. The number of carbonyl (C=O) groups excluding carboxylic acids is 2. The van der Waals surface area contributed by atoms with Gasteiger partial charge in [-0.05, 0) is 25.3 Å². The van der Waals surface area contributed by atoms with Crippen molar-refractivity contribution >= 4 is 23.2 Å². The van der Waals surface area contributed by atoms with Crippen molar-refractivity contribution in [3.63, 3.8) is 0 Å². The first kappa shape index (κ1) is 15.2. The van der Waals surface area contributed by atoms with Crippen LogP contribution in [0.3, 0.4) is 0 Å². The van der Waals surface area contributed by atoms with Gasteiger partial charge in [-0.3, -0.25) is 19.7 Å². The second kappa shape index (κ2) is 6.20. The van der Waals surface area contributed by atoms with E-state index >= 15 is 0 Å². The minimum atomic E-state index is -0.543. The number of rotatable bonds is 3. The van der Waals surface area contributed by atoms with Crippen LogP contribution in [0.2, 0.25) is 0 Å². The Labute approximate surface area is 133 Å². The lowest BCUT2D eigenvalue weighted by Crippen LogP contribution is -2.30. The summed E-state index contributed by atoms with van der Waals surface area (Å²) < 4.78 is 0. The molecule has 23 heavy (non-hydrogen) atoms. The maximum atomic E-state index is 12.5. The molecule has 0 aliphatic carbocycles. The molecule has 1 aromatic carbocycles. The van der Waals surface area contributed by atoms with Crippen LogP contribution in [0.15, 0.2) is 36.0 Å². The molecule has 7 nitrogen and oxygen atoms in total. The summed E-state index contributed by atoms with van der Waals surface area (Å²) in [4.78, 5) is 38.1. The van der Waals surface area contributed by atoms with E-state index in [0.717, 1.165) is 30.8 Å². The van der Waals surface area contributed by atoms with Gasteiger partial charge in [0, 0.05) is 37.0 Å². The van der Waals surface area contributed by atoms with Gasteiger partial charge in [0.1, 0.15) is 0 Å². The van der Waals surface area contributed by atoms with E-state index in [4.69, 9.17) is 0 Å². The maximum Gasteiger partial charge on any atom is 0.271 e. The van der Waals surface area contributed by atoms with Gasteiger partial charge in [-0.2, -0.15) is 0 Å². The molecule has 0 saturated carbocycles. The molecule has 120 valence electrons. The van der Waals surface area contributed by atoms with Gasteiger partial charge >= 0.3 is 0 Å². The van der Waals surface area contributed by atoms with Gasteiger partial charge in [-0.25, -0.2) is 4.90 Å². The van der Waals surface area contributed by atoms with Gasteiger partial charge in [0.2, 0.25) is 5.91 Å². The van der Waals surface area contributed by atoms with Crippen LogP contribution in [-0.4, -0.2) is 34.7 Å². The number of amides is 2. The third kappa shape index (κ3) is 3.08. The first-order valence-electron chi connectivity index (χ1n) is 7.63. The van der Waals surface area contributed by atoms with Crippen LogP contribution >= 0.6 is 0 Å². The zero-order chi connectivity index (χ0) is 16.4. The van der Waals surface area contributed by atoms with Crippen molar-refractivity contribution in [2.75, 3.05) is 18.0 Å². The second-order valence-electron chi connectivity index (χ2n) is 5.74. The number of hydrogen-bond acceptors (Lipinski definition) is 5. The normalized spacial score (nSPS) is 20.4. The molecule has 0 aromatic heterocycles. The molecular weight excluding hydrogens is 298 g/mol. The predicted octanol–water partition coefficient (Wildman–Crippen LogP) is 2.23. The quantitative estimate of drug-likeness (QED) is 0.369. The second-order valence-corrected chi connectivity index (χ2v) is 5.74. The zero-order valence-corrected chi connectivity index (χ0v) is 12.6. The van der Waals surface area contributed by atoms with Crippen molar-refractivity contribution in [2.24, 2.45) is 0 Å². The number of nitro benzene ring substituents is 1. The SMILES string of the molecule is O=C1C/C(=C\N2CCCCC2)C(=O)N1c1cccc([N+](=O)[O-])c1. The summed E-state index contributed by atoms with van der Waals surface area (Å²) >= 11 is 0. The molecule has 0 atom stereocenters. The highest BCUT2D eigenvalue weighted by molar-refractivity contribution is 6.28. The van der Waals surface area contributed by atoms with Crippen LogP contribution in [0.4, 0.5) is 11.4 Å². The summed E-state index contributed by atoms with van der Waals surface area (Å²) in [5.74, 6) is -0.736. The van der Waals surface area contributed by atoms with E-state index in [-0.39, 0.29) is 29.6 Å². The third-order valence-corrected chi connectivity index (χ3v) is 4.10. The molecule has 2 aliphatic heterocycles. The van der Waals surface area contributed by atoms with E-state index in [1.807, 2.05) is 0 Å². The molecular formula is C16H17N3O4. The molecule has 2 fully saturated rings. The average Bonchev–Trinajstić information content (AvgIpc) is 2.82. The predicted molar refractivity (Wildman–Crippen MR) is 83.7 cm³/mol. The van der Waals surface area contributed by atoms with Crippen LogP contribution in [0.25, 0.3) is 0 Å². The first-order valence-corrected chi connectivity index (χ1v) is 7.63. The van der Waals surface area contributed by atoms with E-state index in [0.29, 0.717) is 5.57 Å². The Bertz CT molecular complexity index is 692. The molecule has 2 heterocycles. The Morgan fingerprint density at radius 1 is 1.13 bits per heavy atom. The van der Waals surface area contributed by atoms with Crippen molar-refractivity contribution in [3.8, 4) is 0 Å². The van der Waals surface area contributed by atoms with Crippen LogP contribution < -0.4 is 4.90 Å². The molecule has 0 N–H and O–H groups in total. The molecule has 2 saturated heterocycles. The highest BCUT2D eigenvalue weighted by atomic mass is 16.6. The van der Waals surface area contributed by atoms with Gasteiger partial charge in [-0.15, -0.1) is 0 Å². The number of nitro groups is 1. The van der Waals surface area contributed by atoms with E-state index in [1.54, 1.807) is 6.20 Å². The van der Waals surface area contributed by atoms with E-state index in [1.165, 1.54) is 30.7 Å². The van der Waals surface area contributed by atoms with Crippen LogP contribution in [0.1, 0.15) is 25.7 Å². The number of hydrogen-bond donors (Lipinski definition) is 0. The Balaban J connectivity index is 1.85. The van der Waals surface area contributed by atoms with Crippen LogP contribution in [0, 0.1) is 10.1 Å². The summed E-state index contributed by atoms with van der Waals surface area (Å²) in [6.45, 7) is 1.78. The summed E-state index contributed by atoms with van der Waals surface area (Å²) in [6.07, 6.45) is 5.17. The molecule has 0 radical (unpaired) electrons. The molecule has 7 heteroatoms. The van der Waals surface area contributed by atoms with Crippen molar-refractivity contribution in [1.82, 2.24) is 4.90 Å². The summed E-state index contributed by atoms with van der Waals surface area (Å²) in [5, 5.41) is 10.9. The largest absolute Gasteiger partial charge is 0.377 e. The average molecular weight is 315 g/mol. The number of non-ortho nitro benzene ring substituents is 1. The topological polar surface area (TPSA) is 83.8 Å². The minimum absolute atomic E-state index is 0.0397. The van der Waals surface area contributed by atoms with Gasteiger partial charge in [0.15, 0.2) is 0 Å². The Morgan fingerprint density at radius 2 is 1.87 bits per heavy atom. The van der Waals surface area contributed by atoms with Crippen molar-refractivity contribution in [2.45, 2.75) is 25.7 Å². The number of anilines is 1. The van der Waals surface area contributed by atoms with Crippen molar-refractivity contribution in [1.29, 1.82) is 0 Å². The lowest BCUT2D eigenvalue weighted by Gasteiger charge is -2.25. The Hall–Kier alpha value is -2.70. The summed E-state index contributed by atoms with van der Waals surface area (Å²) in [7, 11) is 0. The highest BCUT2D eigenvalue weighted by Gasteiger charge is 2.36. The number of nitrogens with zero attached hydrogens (tertiary/aromatic N) is 3. The maximum absolute atomic E-state index is 12.5. The first-order chi connectivity index (χ1) is 11.1. The van der Waals surface area contributed by atoms with E-state index in [2.05, 4.69) is 4.90 Å². The fourth-order valence-corrected chi connectivity index (χ4v) is 2.95. The highest BCUT2D eigenvalue weighted by Crippen LogP contribution is 2.29. The van der Waals surface area contributed by atoms with Gasteiger partial charge in [0.05, 0.1) is 17.0 Å². The van der Waals surface area contributed by atoms with Crippen LogP contribution in [0.5, 0.6) is 0 Å². The number of imide groups is 1. The lowest BCUT2D eigenvalue weighted by atomic mass is 10.1. The fourth-order valence-electron chi connectivity index (χ4n) is 2.95. The summed E-state index contributed by atoms with van der Waals surface area (Å²) in [5.41, 5.74) is 0.552. The Kier molecular flexibility index (Phi) is 4.10. The minimum Gasteiger partial charge on any atom is -0.377 e. The van der Waals surface area contributed by atoms with Crippen LogP contribution in [-0.2, 0) is 9.59 Å². The van der Waals surface area contributed by atoms with Gasteiger partial charge in [0.25, 0.3) is 11.6 Å². The Morgan fingerprint density at radius 3 is 2.57 bits per heavy atom. The lowest BCUT2D eigenvalue weighted by molar-refractivity contribution is -0.384. The molecule has 3 rings (SSSR count). The molecule has 2 amide bonds. The van der Waals surface area contributed by atoms with Crippen molar-refractivity contribution in [3.05, 3.63) is 46.2 Å². The zero-order valence-electron chi connectivity index (χ0n) is 12.6. The van der Waals surface area contributed by atoms with Crippen molar-refractivity contribution < 1.29 is 14.5 Å². The number of likely N-dealkylation sites (tertiary alicyclic amines) is 1. The molecule has 0 spiro atoms. The van der Waals surface area contributed by atoms with E-state index in [9.17, 15) is 19.7 Å². The number of piperidine rings is 1. The molecule has 1 aromatic rings. The molecule has 0 unspecified atom stereocenters. The molecule has 0 bridgehead atoms. The van der Waals surface area contributed by atoms with Gasteiger partial charge < -0.3 is 4.90 Å². The van der Waals surface area contributed by atoms with E-state index < -0.39 is 4.92 Å². The molecule has 2 aliphatic rings. The van der Waals surface area contributed by atoms with Gasteiger partial charge in [-0.1, -0.05) is 6.07 Å². The fraction of sp³-hybridized carbons (Fsp3) is 0.375. The third-order valence-electron chi connectivity index (χ3n) is 4.10. The summed E-state index contributed by atoms with van der Waals surface area (Å²) in [6, 6.07) is 5.59.